The lowest BCUT2D eigenvalue weighted by atomic mass is 10.1. The molecule has 0 saturated heterocycles. The van der Waals surface area contributed by atoms with E-state index in [0.717, 1.165) is 23.0 Å². The predicted octanol–water partition coefficient (Wildman–Crippen LogP) is 3.28. The van der Waals surface area contributed by atoms with Crippen molar-refractivity contribution < 1.29 is 14.6 Å². The van der Waals surface area contributed by atoms with Gasteiger partial charge in [-0.15, -0.1) is 0 Å². The first kappa shape index (κ1) is 13.6. The van der Waals surface area contributed by atoms with Gasteiger partial charge in [-0.2, -0.15) is 0 Å². The normalized spacial score (nSPS) is 11.4. The number of aromatic carboxylic acids is 1. The number of ether oxygens (including phenoxy) is 1. The molecule has 2 rings (SSSR count). The monoisotopic (exact) mass is 261 g/mol. The van der Waals surface area contributed by atoms with Gasteiger partial charge >= 0.3 is 5.97 Å². The van der Waals surface area contributed by atoms with Crippen LogP contribution < -0.4 is 0 Å². The summed E-state index contributed by atoms with van der Waals surface area (Å²) in [6.45, 7) is 7.22. The molecule has 0 radical (unpaired) electrons. The summed E-state index contributed by atoms with van der Waals surface area (Å²) in [5, 5.41) is 10.1. The van der Waals surface area contributed by atoms with E-state index < -0.39 is 5.97 Å². The highest BCUT2D eigenvalue weighted by Gasteiger charge is 2.16. The largest absolute Gasteiger partial charge is 0.478 e. The Balaban J connectivity index is 2.58. The average molecular weight is 261 g/mol. The Morgan fingerprint density at radius 3 is 2.74 bits per heavy atom. The molecule has 2 aromatic rings. The van der Waals surface area contributed by atoms with Crippen LogP contribution in [0.25, 0.3) is 10.9 Å². The van der Waals surface area contributed by atoms with Crippen molar-refractivity contribution in [2.45, 2.75) is 40.0 Å². The van der Waals surface area contributed by atoms with Gasteiger partial charge in [0.05, 0.1) is 18.3 Å². The molecular weight excluding hydrogens is 242 g/mol. The summed E-state index contributed by atoms with van der Waals surface area (Å²) in [6, 6.07) is 5.37. The molecule has 0 amide bonds. The van der Waals surface area contributed by atoms with Crippen molar-refractivity contribution in [1.82, 2.24) is 4.57 Å². The van der Waals surface area contributed by atoms with E-state index in [-0.39, 0.29) is 6.10 Å². The van der Waals surface area contributed by atoms with Crippen LogP contribution in [0, 0.1) is 0 Å². The second-order valence-electron chi connectivity index (χ2n) is 4.80. The van der Waals surface area contributed by atoms with Crippen molar-refractivity contribution >= 4 is 16.9 Å². The molecule has 0 aliphatic heterocycles. The van der Waals surface area contributed by atoms with Crippen LogP contribution >= 0.6 is 0 Å². The third kappa shape index (κ3) is 2.63. The Hall–Kier alpha value is -1.81. The van der Waals surface area contributed by atoms with Gasteiger partial charge < -0.3 is 14.4 Å². The summed E-state index contributed by atoms with van der Waals surface area (Å²) < 4.78 is 7.68. The van der Waals surface area contributed by atoms with Crippen LogP contribution in [0.1, 0.15) is 36.7 Å². The van der Waals surface area contributed by atoms with Gasteiger partial charge in [-0.1, -0.05) is 6.07 Å². The Morgan fingerprint density at radius 2 is 2.16 bits per heavy atom. The Labute approximate surface area is 112 Å². The lowest BCUT2D eigenvalue weighted by Crippen LogP contribution is -2.03. The van der Waals surface area contributed by atoms with E-state index >= 15 is 0 Å². The number of fused-ring (bicyclic) bond motifs is 1. The van der Waals surface area contributed by atoms with Gasteiger partial charge in [0.2, 0.25) is 0 Å². The van der Waals surface area contributed by atoms with Crippen molar-refractivity contribution in [3.63, 3.8) is 0 Å². The molecule has 19 heavy (non-hydrogen) atoms. The molecule has 0 spiro atoms. The number of hydrogen-bond donors (Lipinski definition) is 1. The van der Waals surface area contributed by atoms with Gasteiger partial charge in [-0.05, 0) is 32.9 Å². The lowest BCUT2D eigenvalue weighted by Gasteiger charge is -2.07. The zero-order valence-corrected chi connectivity index (χ0v) is 11.5. The van der Waals surface area contributed by atoms with Crippen LogP contribution in [0.3, 0.4) is 0 Å². The third-order valence-corrected chi connectivity index (χ3v) is 3.13. The number of carboxylic acid groups (broad SMARTS) is 1. The minimum Gasteiger partial charge on any atom is -0.478 e. The first-order valence-electron chi connectivity index (χ1n) is 6.50. The SMILES string of the molecule is CCn1cc(COC(C)C)c2c(C(=O)O)cccc21. The van der Waals surface area contributed by atoms with Crippen LogP contribution in [-0.2, 0) is 17.9 Å². The van der Waals surface area contributed by atoms with Crippen LogP contribution in [0.2, 0.25) is 0 Å². The zero-order valence-electron chi connectivity index (χ0n) is 11.5. The smallest absolute Gasteiger partial charge is 0.336 e. The number of aromatic nitrogens is 1. The summed E-state index contributed by atoms with van der Waals surface area (Å²) in [4.78, 5) is 11.4. The molecule has 4 nitrogen and oxygen atoms in total. The molecule has 102 valence electrons. The van der Waals surface area contributed by atoms with Gasteiger partial charge in [0.1, 0.15) is 0 Å². The molecule has 1 heterocycles. The molecule has 1 aromatic carbocycles. The number of nitrogens with zero attached hydrogens (tertiary/aromatic N) is 1. The highest BCUT2D eigenvalue weighted by molar-refractivity contribution is 6.04. The quantitative estimate of drug-likeness (QED) is 0.898. The molecule has 0 bridgehead atoms. The lowest BCUT2D eigenvalue weighted by molar-refractivity contribution is 0.0661. The number of hydrogen-bond acceptors (Lipinski definition) is 2. The maximum Gasteiger partial charge on any atom is 0.336 e. The molecule has 1 N–H and O–H groups in total. The highest BCUT2D eigenvalue weighted by atomic mass is 16.5. The average Bonchev–Trinajstić information content (AvgIpc) is 2.74. The van der Waals surface area contributed by atoms with Crippen molar-refractivity contribution in [2.75, 3.05) is 0 Å². The summed E-state index contributed by atoms with van der Waals surface area (Å²) in [6.07, 6.45) is 2.11. The Morgan fingerprint density at radius 1 is 1.42 bits per heavy atom. The zero-order chi connectivity index (χ0) is 14.0. The predicted molar refractivity (Wildman–Crippen MR) is 74.5 cm³/mol. The van der Waals surface area contributed by atoms with Crippen LogP contribution in [0.15, 0.2) is 24.4 Å². The topological polar surface area (TPSA) is 51.5 Å². The maximum absolute atomic E-state index is 11.4. The van der Waals surface area contributed by atoms with Crippen LogP contribution in [0.5, 0.6) is 0 Å². The number of carboxylic acids is 1. The van der Waals surface area contributed by atoms with Gasteiger partial charge in [-0.25, -0.2) is 4.79 Å². The van der Waals surface area contributed by atoms with E-state index in [4.69, 9.17) is 4.74 Å². The second kappa shape index (κ2) is 5.45. The minimum atomic E-state index is -0.898. The molecule has 0 unspecified atom stereocenters. The summed E-state index contributed by atoms with van der Waals surface area (Å²) in [7, 11) is 0. The first-order valence-corrected chi connectivity index (χ1v) is 6.50. The fourth-order valence-corrected chi connectivity index (χ4v) is 2.24. The van der Waals surface area contributed by atoms with Gasteiger partial charge in [0.25, 0.3) is 0 Å². The molecular formula is C15H19NO3. The van der Waals surface area contributed by atoms with E-state index in [1.54, 1.807) is 12.1 Å². The molecule has 0 aliphatic carbocycles. The van der Waals surface area contributed by atoms with E-state index in [2.05, 4.69) is 4.57 Å². The third-order valence-electron chi connectivity index (χ3n) is 3.13. The maximum atomic E-state index is 11.4. The number of aryl methyl sites for hydroxylation is 1. The Kier molecular flexibility index (Phi) is 3.90. The van der Waals surface area contributed by atoms with Gasteiger partial charge in [-0.3, -0.25) is 0 Å². The molecule has 1 aromatic heterocycles. The van der Waals surface area contributed by atoms with Gasteiger partial charge in [0, 0.05) is 29.2 Å². The molecule has 4 heteroatoms. The molecule has 0 fully saturated rings. The van der Waals surface area contributed by atoms with Crippen molar-refractivity contribution in [3.05, 3.63) is 35.5 Å². The van der Waals surface area contributed by atoms with Crippen molar-refractivity contribution in [2.24, 2.45) is 0 Å². The standard InChI is InChI=1S/C15H19NO3/c1-4-16-8-11(9-19-10(2)3)14-12(15(17)18)6-5-7-13(14)16/h5-8,10H,4,9H2,1-3H3,(H,17,18). The fraction of sp³-hybridized carbons (Fsp3) is 0.400. The summed E-state index contributed by atoms with van der Waals surface area (Å²) in [5.74, 6) is -0.898. The van der Waals surface area contributed by atoms with E-state index in [0.29, 0.717) is 12.2 Å². The van der Waals surface area contributed by atoms with E-state index in [1.165, 1.54) is 0 Å². The number of benzene rings is 1. The number of carbonyl (C=O) groups is 1. The van der Waals surface area contributed by atoms with Crippen LogP contribution in [-0.4, -0.2) is 21.7 Å². The number of rotatable bonds is 5. The summed E-state index contributed by atoms with van der Waals surface area (Å²) >= 11 is 0. The van der Waals surface area contributed by atoms with Crippen molar-refractivity contribution in [1.29, 1.82) is 0 Å². The molecule has 0 atom stereocenters. The van der Waals surface area contributed by atoms with Crippen molar-refractivity contribution in [3.8, 4) is 0 Å². The van der Waals surface area contributed by atoms with E-state index in [1.807, 2.05) is 33.0 Å². The second-order valence-corrected chi connectivity index (χ2v) is 4.80. The summed E-state index contributed by atoms with van der Waals surface area (Å²) in [5.41, 5.74) is 2.22. The van der Waals surface area contributed by atoms with Crippen LogP contribution in [0.4, 0.5) is 0 Å². The van der Waals surface area contributed by atoms with Gasteiger partial charge in [0.15, 0.2) is 0 Å². The minimum absolute atomic E-state index is 0.122. The first-order chi connectivity index (χ1) is 9.04. The fourth-order valence-electron chi connectivity index (χ4n) is 2.24. The molecule has 0 aliphatic rings. The Bertz CT molecular complexity index is 599. The molecule has 0 saturated carbocycles. The highest BCUT2D eigenvalue weighted by Crippen LogP contribution is 2.26. The van der Waals surface area contributed by atoms with E-state index in [9.17, 15) is 9.90 Å².